The van der Waals surface area contributed by atoms with Gasteiger partial charge >= 0.3 is 6.09 Å². The zero-order valence-electron chi connectivity index (χ0n) is 21.9. The molecule has 3 aromatic rings. The van der Waals surface area contributed by atoms with E-state index in [1.807, 2.05) is 63.2 Å². The molecule has 7 heteroatoms. The van der Waals surface area contributed by atoms with Crippen molar-refractivity contribution < 1.29 is 18.7 Å². The molecule has 3 aromatic carbocycles. The van der Waals surface area contributed by atoms with Crippen molar-refractivity contribution in [3.05, 3.63) is 77.1 Å². The van der Waals surface area contributed by atoms with E-state index in [1.54, 1.807) is 12.0 Å². The molecule has 1 aliphatic heterocycles. The number of methoxy groups -OCH3 is 1. The summed E-state index contributed by atoms with van der Waals surface area (Å²) in [5.74, 6) is 0.298. The van der Waals surface area contributed by atoms with Crippen LogP contribution in [0.1, 0.15) is 50.3 Å². The number of carbonyl (C=O) groups excluding carboxylic acids is 1. The minimum Gasteiger partial charge on any atom is -0.495 e. The molecule has 1 saturated heterocycles. The average molecular weight is 504 g/mol. The number of nitrogens with zero attached hydrogens (tertiary/aromatic N) is 2. The number of halogens is 1. The van der Waals surface area contributed by atoms with E-state index in [4.69, 9.17) is 9.47 Å². The number of carbonyl (C=O) groups is 1. The number of benzene rings is 3. The number of nitriles is 1. The van der Waals surface area contributed by atoms with E-state index in [0.29, 0.717) is 50.3 Å². The Bertz CT molecular complexity index is 1300. The van der Waals surface area contributed by atoms with Crippen molar-refractivity contribution in [2.45, 2.75) is 51.2 Å². The van der Waals surface area contributed by atoms with Crippen LogP contribution in [0.5, 0.6) is 5.75 Å². The largest absolute Gasteiger partial charge is 0.495 e. The summed E-state index contributed by atoms with van der Waals surface area (Å²) in [6, 6.07) is 18.7. The molecule has 0 spiro atoms. The summed E-state index contributed by atoms with van der Waals surface area (Å²) in [5.41, 5.74) is 1.62. The predicted molar refractivity (Wildman–Crippen MR) is 142 cm³/mol. The lowest BCUT2D eigenvalue weighted by atomic mass is 9.72. The van der Waals surface area contributed by atoms with E-state index in [1.165, 1.54) is 12.1 Å². The molecule has 0 saturated carbocycles. The van der Waals surface area contributed by atoms with E-state index in [0.717, 1.165) is 21.9 Å². The Morgan fingerprint density at radius 1 is 1.14 bits per heavy atom. The first-order valence-corrected chi connectivity index (χ1v) is 12.6. The molecule has 1 heterocycles. The summed E-state index contributed by atoms with van der Waals surface area (Å²) in [5, 5.41) is 15.3. The summed E-state index contributed by atoms with van der Waals surface area (Å²) in [6.45, 7) is 7.80. The van der Waals surface area contributed by atoms with Gasteiger partial charge in [0.15, 0.2) is 0 Å². The molecular weight excluding hydrogens is 469 g/mol. The standard InChI is InChI=1S/C30H34FN3O3/c1-29(2,3)37-28(35)34-15-13-30(14-16-34,23-9-11-24(31)12-10-23)20-33-19-26-25-8-6-5-7-21(25)17-22(18-32)27(26)36-4/h5-12,17,33H,13-16,19-20H2,1-4H3. The summed E-state index contributed by atoms with van der Waals surface area (Å²) in [7, 11) is 1.58. The molecule has 37 heavy (non-hydrogen) atoms. The van der Waals surface area contributed by atoms with E-state index in [9.17, 15) is 14.4 Å². The molecule has 0 aromatic heterocycles. The van der Waals surface area contributed by atoms with Gasteiger partial charge in [0.2, 0.25) is 0 Å². The Labute approximate surface area is 218 Å². The maximum Gasteiger partial charge on any atom is 0.410 e. The van der Waals surface area contributed by atoms with Crippen molar-refractivity contribution in [3.8, 4) is 11.8 Å². The maximum atomic E-state index is 13.8. The third-order valence-corrected chi connectivity index (χ3v) is 7.02. The topological polar surface area (TPSA) is 74.6 Å². The van der Waals surface area contributed by atoms with Crippen LogP contribution in [0.15, 0.2) is 54.6 Å². The van der Waals surface area contributed by atoms with Gasteiger partial charge in [-0.05, 0) is 68.1 Å². The van der Waals surface area contributed by atoms with Crippen molar-refractivity contribution in [1.82, 2.24) is 10.2 Å². The van der Waals surface area contributed by atoms with Gasteiger partial charge in [-0.3, -0.25) is 0 Å². The molecule has 6 nitrogen and oxygen atoms in total. The number of fused-ring (bicyclic) bond motifs is 1. The molecule has 1 aliphatic rings. The van der Waals surface area contributed by atoms with Crippen molar-refractivity contribution >= 4 is 16.9 Å². The first-order chi connectivity index (χ1) is 17.7. The summed E-state index contributed by atoms with van der Waals surface area (Å²) < 4.78 is 25.0. The normalized spacial score (nSPS) is 15.3. The fourth-order valence-corrected chi connectivity index (χ4v) is 5.14. The lowest BCUT2D eigenvalue weighted by Gasteiger charge is -2.42. The molecule has 194 valence electrons. The van der Waals surface area contributed by atoms with Crippen LogP contribution in [-0.2, 0) is 16.7 Å². The van der Waals surface area contributed by atoms with Crippen LogP contribution >= 0.6 is 0 Å². The van der Waals surface area contributed by atoms with Gasteiger partial charge in [0, 0.05) is 37.2 Å². The number of ether oxygens (including phenoxy) is 2. The minimum absolute atomic E-state index is 0.275. The van der Waals surface area contributed by atoms with Crippen LogP contribution < -0.4 is 10.1 Å². The van der Waals surface area contributed by atoms with Gasteiger partial charge in [0.25, 0.3) is 0 Å². The Kier molecular flexibility index (Phi) is 7.70. The highest BCUT2D eigenvalue weighted by Gasteiger charge is 2.38. The Balaban J connectivity index is 1.58. The molecule has 0 aliphatic carbocycles. The molecule has 0 radical (unpaired) electrons. The second-order valence-corrected chi connectivity index (χ2v) is 10.6. The number of piperidine rings is 1. The van der Waals surface area contributed by atoms with Gasteiger partial charge in [-0.1, -0.05) is 36.4 Å². The lowest BCUT2D eigenvalue weighted by molar-refractivity contribution is 0.0163. The molecule has 0 unspecified atom stereocenters. The second kappa shape index (κ2) is 10.8. The average Bonchev–Trinajstić information content (AvgIpc) is 2.88. The van der Waals surface area contributed by atoms with Gasteiger partial charge in [-0.25, -0.2) is 9.18 Å². The fraction of sp³-hybridized carbons (Fsp3) is 0.400. The quantitative estimate of drug-likeness (QED) is 0.452. The number of nitrogens with one attached hydrogen (secondary N) is 1. The molecule has 1 fully saturated rings. The third kappa shape index (κ3) is 5.86. The summed E-state index contributed by atoms with van der Waals surface area (Å²) in [4.78, 5) is 14.4. The lowest BCUT2D eigenvalue weighted by Crippen LogP contribution is -2.50. The van der Waals surface area contributed by atoms with Crippen LogP contribution in [-0.4, -0.2) is 43.3 Å². The number of amides is 1. The summed E-state index contributed by atoms with van der Waals surface area (Å²) >= 11 is 0. The van der Waals surface area contributed by atoms with Gasteiger partial charge in [-0.2, -0.15) is 5.26 Å². The molecule has 1 N–H and O–H groups in total. The highest BCUT2D eigenvalue weighted by Crippen LogP contribution is 2.37. The molecule has 0 atom stereocenters. The van der Waals surface area contributed by atoms with Crippen molar-refractivity contribution in [3.63, 3.8) is 0 Å². The molecular formula is C30H34FN3O3. The third-order valence-electron chi connectivity index (χ3n) is 7.02. The van der Waals surface area contributed by atoms with Crippen LogP contribution in [0, 0.1) is 17.1 Å². The monoisotopic (exact) mass is 503 g/mol. The Morgan fingerprint density at radius 2 is 1.81 bits per heavy atom. The van der Waals surface area contributed by atoms with E-state index in [2.05, 4.69) is 11.4 Å². The van der Waals surface area contributed by atoms with Crippen molar-refractivity contribution in [1.29, 1.82) is 5.26 Å². The van der Waals surface area contributed by atoms with Crippen LogP contribution in [0.25, 0.3) is 10.8 Å². The van der Waals surface area contributed by atoms with Gasteiger partial charge in [0.05, 0.1) is 12.7 Å². The Morgan fingerprint density at radius 3 is 2.43 bits per heavy atom. The predicted octanol–water partition coefficient (Wildman–Crippen LogP) is 5.92. The fourth-order valence-electron chi connectivity index (χ4n) is 5.14. The zero-order valence-corrected chi connectivity index (χ0v) is 21.9. The SMILES string of the molecule is COc1c(C#N)cc2ccccc2c1CNCC1(c2ccc(F)cc2)CCN(C(=O)OC(C)(C)C)CC1. The van der Waals surface area contributed by atoms with E-state index >= 15 is 0 Å². The van der Waals surface area contributed by atoms with Crippen molar-refractivity contribution in [2.24, 2.45) is 0 Å². The first kappa shape index (κ1) is 26.4. The number of hydrogen-bond donors (Lipinski definition) is 1. The number of hydrogen-bond acceptors (Lipinski definition) is 5. The van der Waals surface area contributed by atoms with Crippen molar-refractivity contribution in [2.75, 3.05) is 26.7 Å². The minimum atomic E-state index is -0.552. The first-order valence-electron chi connectivity index (χ1n) is 12.6. The van der Waals surface area contributed by atoms with E-state index < -0.39 is 5.60 Å². The smallest absolute Gasteiger partial charge is 0.410 e. The number of likely N-dealkylation sites (tertiary alicyclic amines) is 1. The Hall–Kier alpha value is -3.63. The summed E-state index contributed by atoms with van der Waals surface area (Å²) in [6.07, 6.45) is 1.11. The zero-order chi connectivity index (χ0) is 26.6. The van der Waals surface area contributed by atoms with E-state index in [-0.39, 0.29) is 17.3 Å². The van der Waals surface area contributed by atoms with Gasteiger partial charge in [0.1, 0.15) is 23.2 Å². The molecule has 4 rings (SSSR count). The highest BCUT2D eigenvalue weighted by atomic mass is 19.1. The van der Waals surface area contributed by atoms with Crippen LogP contribution in [0.3, 0.4) is 0 Å². The van der Waals surface area contributed by atoms with Gasteiger partial charge < -0.3 is 19.7 Å². The van der Waals surface area contributed by atoms with Gasteiger partial charge in [-0.15, -0.1) is 0 Å². The van der Waals surface area contributed by atoms with Crippen LogP contribution in [0.2, 0.25) is 0 Å². The molecule has 0 bridgehead atoms. The molecule has 1 amide bonds. The maximum absolute atomic E-state index is 13.8. The highest BCUT2D eigenvalue weighted by molar-refractivity contribution is 5.89. The second-order valence-electron chi connectivity index (χ2n) is 10.6. The number of rotatable bonds is 6. The van der Waals surface area contributed by atoms with Crippen LogP contribution in [0.4, 0.5) is 9.18 Å².